The number of ether oxygens (including phenoxy) is 4. The second-order valence-electron chi connectivity index (χ2n) is 5.69. The fourth-order valence-electron chi connectivity index (χ4n) is 2.53. The van der Waals surface area contributed by atoms with E-state index in [4.69, 9.17) is 18.9 Å². The van der Waals surface area contributed by atoms with Gasteiger partial charge in [-0.05, 0) is 50.1 Å². The van der Waals surface area contributed by atoms with E-state index in [1.807, 2.05) is 44.2 Å². The number of carbonyl (C=O) groups excluding carboxylic acids is 1. The van der Waals surface area contributed by atoms with E-state index in [0.717, 1.165) is 17.1 Å². The number of rotatable bonds is 11. The molecule has 0 bridgehead atoms. The van der Waals surface area contributed by atoms with Gasteiger partial charge in [-0.15, -0.1) is 0 Å². The highest BCUT2D eigenvalue weighted by atomic mass is 16.5. The van der Waals surface area contributed by atoms with Gasteiger partial charge in [0.1, 0.15) is 0 Å². The Morgan fingerprint density at radius 2 is 1.56 bits per heavy atom. The summed E-state index contributed by atoms with van der Waals surface area (Å²) in [5, 5.41) is 2.85. The molecule has 2 aromatic carbocycles. The van der Waals surface area contributed by atoms with Gasteiger partial charge in [-0.25, -0.2) is 0 Å². The van der Waals surface area contributed by atoms with Crippen LogP contribution >= 0.6 is 0 Å². The number of methoxy groups -OCH3 is 1. The highest BCUT2D eigenvalue weighted by Crippen LogP contribution is 2.28. The molecule has 0 fully saturated rings. The molecule has 0 spiro atoms. The van der Waals surface area contributed by atoms with E-state index in [1.54, 1.807) is 19.2 Å². The molecule has 0 saturated carbocycles. The van der Waals surface area contributed by atoms with Crippen molar-refractivity contribution in [3.05, 3.63) is 48.0 Å². The molecule has 2 rings (SSSR count). The standard InChI is InChI=1S/C21H27NO5/c1-4-25-19-11-10-16(14-20(19)26-5-2)12-13-22-21(23)15-27-18-9-7-6-8-17(18)24-3/h6-11,14H,4-5,12-13,15H2,1-3H3,(H,22,23). The molecule has 0 radical (unpaired) electrons. The van der Waals surface area contributed by atoms with Crippen LogP contribution in [-0.2, 0) is 11.2 Å². The van der Waals surface area contributed by atoms with Crippen molar-refractivity contribution in [3.63, 3.8) is 0 Å². The van der Waals surface area contributed by atoms with E-state index in [1.165, 1.54) is 0 Å². The summed E-state index contributed by atoms with van der Waals surface area (Å²) < 4.78 is 21.9. The van der Waals surface area contributed by atoms with Crippen molar-refractivity contribution < 1.29 is 23.7 Å². The molecule has 6 heteroatoms. The summed E-state index contributed by atoms with van der Waals surface area (Å²) in [6.45, 7) is 5.47. The molecule has 0 aromatic heterocycles. The Morgan fingerprint density at radius 3 is 2.26 bits per heavy atom. The van der Waals surface area contributed by atoms with Gasteiger partial charge in [0.05, 0.1) is 20.3 Å². The monoisotopic (exact) mass is 373 g/mol. The van der Waals surface area contributed by atoms with Crippen LogP contribution in [0.3, 0.4) is 0 Å². The molecule has 146 valence electrons. The summed E-state index contributed by atoms with van der Waals surface area (Å²) in [5.41, 5.74) is 1.06. The Labute approximate surface area is 160 Å². The Bertz CT molecular complexity index is 732. The fourth-order valence-corrected chi connectivity index (χ4v) is 2.53. The molecule has 1 amide bonds. The summed E-state index contributed by atoms with van der Waals surface area (Å²) in [4.78, 5) is 12.0. The second kappa shape index (κ2) is 11.0. The van der Waals surface area contributed by atoms with Crippen molar-refractivity contribution in [1.29, 1.82) is 0 Å². The van der Waals surface area contributed by atoms with Crippen molar-refractivity contribution >= 4 is 5.91 Å². The molecule has 0 heterocycles. The maximum absolute atomic E-state index is 12.0. The van der Waals surface area contributed by atoms with Gasteiger partial charge in [-0.3, -0.25) is 4.79 Å². The zero-order valence-electron chi connectivity index (χ0n) is 16.1. The summed E-state index contributed by atoms with van der Waals surface area (Å²) in [6.07, 6.45) is 0.687. The lowest BCUT2D eigenvalue weighted by Gasteiger charge is -2.13. The van der Waals surface area contributed by atoms with Crippen LogP contribution in [0.5, 0.6) is 23.0 Å². The number of hydrogen-bond acceptors (Lipinski definition) is 5. The zero-order chi connectivity index (χ0) is 19.5. The Balaban J connectivity index is 1.81. The number of amides is 1. The average Bonchev–Trinajstić information content (AvgIpc) is 2.69. The Kier molecular flexibility index (Phi) is 8.29. The molecule has 1 N–H and O–H groups in total. The molecule has 0 saturated heterocycles. The summed E-state index contributed by atoms with van der Waals surface area (Å²) in [5.74, 6) is 2.42. The second-order valence-corrected chi connectivity index (χ2v) is 5.69. The van der Waals surface area contributed by atoms with Crippen LogP contribution in [0.25, 0.3) is 0 Å². The molecule has 0 atom stereocenters. The van der Waals surface area contributed by atoms with Crippen molar-refractivity contribution in [1.82, 2.24) is 5.32 Å². The molecule has 0 aliphatic rings. The third-order valence-corrected chi connectivity index (χ3v) is 3.77. The first kappa shape index (κ1) is 20.4. The molecule has 6 nitrogen and oxygen atoms in total. The van der Waals surface area contributed by atoms with Gasteiger partial charge in [0.15, 0.2) is 29.6 Å². The lowest BCUT2D eigenvalue weighted by Crippen LogP contribution is -2.30. The normalized spacial score (nSPS) is 10.2. The van der Waals surface area contributed by atoms with E-state index in [-0.39, 0.29) is 12.5 Å². The van der Waals surface area contributed by atoms with Crippen LogP contribution in [0.15, 0.2) is 42.5 Å². The van der Waals surface area contributed by atoms with Crippen molar-refractivity contribution in [2.45, 2.75) is 20.3 Å². The minimum atomic E-state index is -0.183. The third kappa shape index (κ3) is 6.40. The average molecular weight is 373 g/mol. The third-order valence-electron chi connectivity index (χ3n) is 3.77. The van der Waals surface area contributed by atoms with E-state index >= 15 is 0 Å². The van der Waals surface area contributed by atoms with Crippen LogP contribution in [-0.4, -0.2) is 39.4 Å². The maximum Gasteiger partial charge on any atom is 0.257 e. The van der Waals surface area contributed by atoms with Gasteiger partial charge in [0.25, 0.3) is 5.91 Å². The van der Waals surface area contributed by atoms with Gasteiger partial charge in [0, 0.05) is 6.54 Å². The lowest BCUT2D eigenvalue weighted by atomic mass is 10.1. The predicted molar refractivity (Wildman–Crippen MR) is 104 cm³/mol. The molecule has 0 unspecified atom stereocenters. The minimum absolute atomic E-state index is 0.0617. The zero-order valence-corrected chi connectivity index (χ0v) is 16.1. The maximum atomic E-state index is 12.0. The highest BCUT2D eigenvalue weighted by Gasteiger charge is 2.08. The topological polar surface area (TPSA) is 66.0 Å². The first-order chi connectivity index (χ1) is 13.2. The Morgan fingerprint density at radius 1 is 0.889 bits per heavy atom. The first-order valence-corrected chi connectivity index (χ1v) is 9.09. The molecule has 27 heavy (non-hydrogen) atoms. The SMILES string of the molecule is CCOc1ccc(CCNC(=O)COc2ccccc2OC)cc1OCC. The van der Waals surface area contributed by atoms with E-state index in [0.29, 0.717) is 37.7 Å². The van der Waals surface area contributed by atoms with Crippen LogP contribution in [0, 0.1) is 0 Å². The smallest absolute Gasteiger partial charge is 0.257 e. The molecule has 2 aromatic rings. The number of hydrogen-bond donors (Lipinski definition) is 1. The minimum Gasteiger partial charge on any atom is -0.493 e. The largest absolute Gasteiger partial charge is 0.493 e. The van der Waals surface area contributed by atoms with E-state index in [9.17, 15) is 4.79 Å². The van der Waals surface area contributed by atoms with Crippen LogP contribution in [0.4, 0.5) is 0 Å². The molecule has 0 aliphatic heterocycles. The van der Waals surface area contributed by atoms with Gasteiger partial charge >= 0.3 is 0 Å². The predicted octanol–water partition coefficient (Wildman–Crippen LogP) is 3.23. The summed E-state index contributed by atoms with van der Waals surface area (Å²) in [6, 6.07) is 13.1. The van der Waals surface area contributed by atoms with E-state index < -0.39 is 0 Å². The summed E-state index contributed by atoms with van der Waals surface area (Å²) in [7, 11) is 1.57. The fraction of sp³-hybridized carbons (Fsp3) is 0.381. The van der Waals surface area contributed by atoms with E-state index in [2.05, 4.69) is 5.32 Å². The van der Waals surface area contributed by atoms with Crippen molar-refractivity contribution in [2.75, 3.05) is 33.5 Å². The number of carbonyl (C=O) groups is 1. The quantitative estimate of drug-likeness (QED) is 0.655. The summed E-state index contributed by atoms with van der Waals surface area (Å²) >= 11 is 0. The highest BCUT2D eigenvalue weighted by molar-refractivity contribution is 5.77. The Hall–Kier alpha value is -2.89. The number of benzene rings is 2. The number of para-hydroxylation sites is 2. The van der Waals surface area contributed by atoms with Crippen LogP contribution in [0.1, 0.15) is 19.4 Å². The molecule has 0 aliphatic carbocycles. The first-order valence-electron chi connectivity index (χ1n) is 9.09. The van der Waals surface area contributed by atoms with Crippen LogP contribution < -0.4 is 24.3 Å². The van der Waals surface area contributed by atoms with Crippen molar-refractivity contribution in [2.24, 2.45) is 0 Å². The van der Waals surface area contributed by atoms with Gasteiger partial charge in [-0.1, -0.05) is 18.2 Å². The van der Waals surface area contributed by atoms with Crippen molar-refractivity contribution in [3.8, 4) is 23.0 Å². The van der Waals surface area contributed by atoms with Gasteiger partial charge < -0.3 is 24.3 Å². The van der Waals surface area contributed by atoms with Gasteiger partial charge in [0.2, 0.25) is 0 Å². The number of nitrogens with one attached hydrogen (secondary N) is 1. The molecular weight excluding hydrogens is 346 g/mol. The molecular formula is C21H27NO5. The van der Waals surface area contributed by atoms with Gasteiger partial charge in [-0.2, -0.15) is 0 Å². The van der Waals surface area contributed by atoms with Crippen LogP contribution in [0.2, 0.25) is 0 Å². The lowest BCUT2D eigenvalue weighted by molar-refractivity contribution is -0.123.